The third-order valence-electron chi connectivity index (χ3n) is 2.17. The summed E-state index contributed by atoms with van der Waals surface area (Å²) in [4.78, 5) is 2.12. The van der Waals surface area contributed by atoms with E-state index in [2.05, 4.69) is 26.0 Å². The average Bonchev–Trinajstić information content (AvgIpc) is 2.27. The molecule has 0 bridgehead atoms. The lowest BCUT2D eigenvalue weighted by atomic mass is 10.2. The fourth-order valence-corrected chi connectivity index (χ4v) is 1.85. The van der Waals surface area contributed by atoms with Gasteiger partial charge in [-0.25, -0.2) is 0 Å². The maximum Gasteiger partial charge on any atom is 0.133 e. The lowest BCUT2D eigenvalue weighted by Gasteiger charge is -2.11. The molecule has 4 nitrogen and oxygen atoms in total. The zero-order valence-electron chi connectivity index (χ0n) is 10.1. The van der Waals surface area contributed by atoms with E-state index in [0.717, 1.165) is 28.8 Å². The monoisotopic (exact) mass is 300 g/mol. The standard InChI is InChI=1S/C12H17BrN2O2/c1-15(2)6-3-7-17-12-5-4-10(9-14-16)8-11(12)13/h4-5,8-9,16H,3,6-7H2,1-2H3. The minimum absolute atomic E-state index is 0.685. The van der Waals surface area contributed by atoms with E-state index in [1.165, 1.54) is 6.21 Å². The van der Waals surface area contributed by atoms with Gasteiger partial charge in [0, 0.05) is 6.54 Å². The highest BCUT2D eigenvalue weighted by Crippen LogP contribution is 2.25. The molecule has 1 rings (SSSR count). The van der Waals surface area contributed by atoms with E-state index in [-0.39, 0.29) is 0 Å². The molecule has 0 amide bonds. The van der Waals surface area contributed by atoms with Gasteiger partial charge in [-0.2, -0.15) is 0 Å². The summed E-state index contributed by atoms with van der Waals surface area (Å²) in [5.41, 5.74) is 0.819. The Morgan fingerprint density at radius 3 is 2.82 bits per heavy atom. The van der Waals surface area contributed by atoms with Crippen LogP contribution in [-0.4, -0.2) is 43.6 Å². The highest BCUT2D eigenvalue weighted by atomic mass is 79.9. The maximum atomic E-state index is 8.42. The molecule has 0 fully saturated rings. The van der Waals surface area contributed by atoms with Crippen LogP contribution in [0.3, 0.4) is 0 Å². The Bertz CT molecular complexity index is 381. The van der Waals surface area contributed by atoms with Crippen LogP contribution >= 0.6 is 15.9 Å². The SMILES string of the molecule is CN(C)CCCOc1ccc(C=NO)cc1Br. The molecule has 1 aromatic carbocycles. The van der Waals surface area contributed by atoms with Gasteiger partial charge in [0.1, 0.15) is 5.75 Å². The summed E-state index contributed by atoms with van der Waals surface area (Å²) in [5.74, 6) is 0.804. The first-order chi connectivity index (χ1) is 8.13. The van der Waals surface area contributed by atoms with Crippen molar-refractivity contribution in [1.29, 1.82) is 0 Å². The number of hydrogen-bond acceptors (Lipinski definition) is 4. The van der Waals surface area contributed by atoms with Crippen LogP contribution in [0.1, 0.15) is 12.0 Å². The first-order valence-corrected chi connectivity index (χ1v) is 6.17. The van der Waals surface area contributed by atoms with E-state index in [0.29, 0.717) is 6.61 Å². The molecule has 0 heterocycles. The first-order valence-electron chi connectivity index (χ1n) is 5.38. The van der Waals surface area contributed by atoms with Crippen molar-refractivity contribution in [2.75, 3.05) is 27.2 Å². The quantitative estimate of drug-likeness (QED) is 0.380. The largest absolute Gasteiger partial charge is 0.492 e. The van der Waals surface area contributed by atoms with E-state index in [4.69, 9.17) is 9.94 Å². The molecule has 0 radical (unpaired) electrons. The van der Waals surface area contributed by atoms with Gasteiger partial charge in [0.05, 0.1) is 17.3 Å². The molecule has 5 heteroatoms. The van der Waals surface area contributed by atoms with Gasteiger partial charge in [0.25, 0.3) is 0 Å². The normalized spacial score (nSPS) is 11.3. The van der Waals surface area contributed by atoms with Gasteiger partial charge in [0.15, 0.2) is 0 Å². The third-order valence-corrected chi connectivity index (χ3v) is 2.79. The number of hydrogen-bond donors (Lipinski definition) is 1. The van der Waals surface area contributed by atoms with Crippen molar-refractivity contribution in [3.05, 3.63) is 28.2 Å². The summed E-state index contributed by atoms with van der Waals surface area (Å²) in [6, 6.07) is 5.55. The molecule has 1 aromatic rings. The fourth-order valence-electron chi connectivity index (χ4n) is 1.34. The smallest absolute Gasteiger partial charge is 0.133 e. The minimum Gasteiger partial charge on any atom is -0.492 e. The van der Waals surface area contributed by atoms with E-state index >= 15 is 0 Å². The molecule has 0 atom stereocenters. The highest BCUT2D eigenvalue weighted by molar-refractivity contribution is 9.10. The maximum absolute atomic E-state index is 8.42. The Balaban J connectivity index is 2.49. The number of nitrogens with zero attached hydrogens (tertiary/aromatic N) is 2. The van der Waals surface area contributed by atoms with E-state index < -0.39 is 0 Å². The third kappa shape index (κ3) is 5.19. The van der Waals surface area contributed by atoms with E-state index in [9.17, 15) is 0 Å². The van der Waals surface area contributed by atoms with Crippen molar-refractivity contribution in [2.24, 2.45) is 5.16 Å². The Labute approximate surface area is 110 Å². The molecule has 0 aromatic heterocycles. The Morgan fingerprint density at radius 2 is 2.24 bits per heavy atom. The summed E-state index contributed by atoms with van der Waals surface area (Å²) in [6.07, 6.45) is 2.36. The van der Waals surface area contributed by atoms with Gasteiger partial charge in [-0.15, -0.1) is 0 Å². The predicted octanol–water partition coefficient (Wildman–Crippen LogP) is 2.59. The molecule has 0 spiro atoms. The van der Waals surface area contributed by atoms with E-state index in [1.807, 2.05) is 32.3 Å². The van der Waals surface area contributed by atoms with Crippen molar-refractivity contribution in [3.63, 3.8) is 0 Å². The lowest BCUT2D eigenvalue weighted by molar-refractivity contribution is 0.280. The molecular formula is C12H17BrN2O2. The number of oxime groups is 1. The topological polar surface area (TPSA) is 45.1 Å². The van der Waals surface area contributed by atoms with E-state index in [1.54, 1.807) is 0 Å². The summed E-state index contributed by atoms with van der Waals surface area (Å²) in [6.45, 7) is 1.69. The molecule has 17 heavy (non-hydrogen) atoms. The van der Waals surface area contributed by atoms with Crippen molar-refractivity contribution in [3.8, 4) is 5.75 Å². The summed E-state index contributed by atoms with van der Waals surface area (Å²) in [5, 5.41) is 11.4. The van der Waals surface area contributed by atoms with Gasteiger partial charge in [-0.3, -0.25) is 0 Å². The van der Waals surface area contributed by atoms with Crippen LogP contribution in [0.4, 0.5) is 0 Å². The molecule has 1 N–H and O–H groups in total. The predicted molar refractivity (Wildman–Crippen MR) is 72.2 cm³/mol. The second-order valence-electron chi connectivity index (χ2n) is 3.94. The Kier molecular flexibility index (Phi) is 6.00. The summed E-state index contributed by atoms with van der Waals surface area (Å²) >= 11 is 3.42. The van der Waals surface area contributed by atoms with Crippen LogP contribution in [0.15, 0.2) is 27.8 Å². The lowest BCUT2D eigenvalue weighted by Crippen LogP contribution is -2.15. The molecule has 94 valence electrons. The van der Waals surface area contributed by atoms with Crippen LogP contribution < -0.4 is 4.74 Å². The number of ether oxygens (including phenoxy) is 1. The first kappa shape index (κ1) is 14.0. The molecule has 0 unspecified atom stereocenters. The zero-order chi connectivity index (χ0) is 12.7. The van der Waals surface area contributed by atoms with Crippen molar-refractivity contribution in [1.82, 2.24) is 4.90 Å². The second kappa shape index (κ2) is 7.29. The van der Waals surface area contributed by atoms with Crippen LogP contribution in [-0.2, 0) is 0 Å². The van der Waals surface area contributed by atoms with Crippen LogP contribution in [0.2, 0.25) is 0 Å². The number of benzene rings is 1. The Morgan fingerprint density at radius 1 is 1.47 bits per heavy atom. The molecule has 0 saturated carbocycles. The Hall–Kier alpha value is -1.07. The van der Waals surface area contributed by atoms with Gasteiger partial charge >= 0.3 is 0 Å². The van der Waals surface area contributed by atoms with Crippen LogP contribution in [0.25, 0.3) is 0 Å². The average molecular weight is 301 g/mol. The van der Waals surface area contributed by atoms with Crippen LogP contribution in [0, 0.1) is 0 Å². The van der Waals surface area contributed by atoms with Gasteiger partial charge in [-0.05, 0) is 60.2 Å². The van der Waals surface area contributed by atoms with Crippen molar-refractivity contribution >= 4 is 22.1 Å². The number of rotatable bonds is 6. The summed E-state index contributed by atoms with van der Waals surface area (Å²) < 4.78 is 6.50. The van der Waals surface area contributed by atoms with Crippen molar-refractivity contribution in [2.45, 2.75) is 6.42 Å². The minimum atomic E-state index is 0.685. The van der Waals surface area contributed by atoms with Gasteiger partial charge in [-0.1, -0.05) is 5.16 Å². The molecule has 0 aliphatic carbocycles. The molecule has 0 aliphatic heterocycles. The zero-order valence-corrected chi connectivity index (χ0v) is 11.6. The summed E-state index contributed by atoms with van der Waals surface area (Å²) in [7, 11) is 4.08. The second-order valence-corrected chi connectivity index (χ2v) is 4.79. The fraction of sp³-hybridized carbons (Fsp3) is 0.417. The molecular weight excluding hydrogens is 284 g/mol. The van der Waals surface area contributed by atoms with Crippen molar-refractivity contribution < 1.29 is 9.94 Å². The number of halogens is 1. The van der Waals surface area contributed by atoms with Gasteiger partial charge in [0.2, 0.25) is 0 Å². The highest BCUT2D eigenvalue weighted by Gasteiger charge is 2.02. The van der Waals surface area contributed by atoms with Crippen LogP contribution in [0.5, 0.6) is 5.75 Å². The van der Waals surface area contributed by atoms with Gasteiger partial charge < -0.3 is 14.8 Å². The molecule has 0 aliphatic rings. The molecule has 0 saturated heterocycles.